The zero-order valence-corrected chi connectivity index (χ0v) is 23.1. The first kappa shape index (κ1) is 27.5. The van der Waals surface area contributed by atoms with Gasteiger partial charge in [0.1, 0.15) is 6.61 Å². The first-order valence-electron chi connectivity index (χ1n) is 11.5. The summed E-state index contributed by atoms with van der Waals surface area (Å²) in [5, 5.41) is 0.651. The van der Waals surface area contributed by atoms with Crippen molar-refractivity contribution in [2.24, 2.45) is 4.40 Å². The molecule has 1 fully saturated rings. The molecule has 0 atom stereocenters. The lowest BCUT2D eigenvalue weighted by atomic mass is 10.1. The number of sulfonamides is 1. The maximum absolute atomic E-state index is 13.2. The molecule has 0 unspecified atom stereocenters. The molecule has 10 heteroatoms. The molecule has 0 radical (unpaired) electrons. The van der Waals surface area contributed by atoms with Gasteiger partial charge in [-0.25, -0.2) is 0 Å². The third-order valence-electron chi connectivity index (χ3n) is 5.54. The minimum Gasteiger partial charge on any atom is -0.493 e. The smallest absolute Gasteiger partial charge is 0.284 e. The van der Waals surface area contributed by atoms with E-state index in [1.807, 2.05) is 25.1 Å². The van der Waals surface area contributed by atoms with Crippen molar-refractivity contribution in [2.45, 2.75) is 18.4 Å². The molecule has 0 saturated carbocycles. The number of halogens is 1. The highest BCUT2D eigenvalue weighted by molar-refractivity contribution is 8.19. The van der Waals surface area contributed by atoms with Gasteiger partial charge in [0.15, 0.2) is 16.7 Å². The number of rotatable bonds is 9. The molecule has 0 spiro atoms. The van der Waals surface area contributed by atoms with E-state index in [-0.39, 0.29) is 29.1 Å². The lowest BCUT2D eigenvalue weighted by Gasteiger charge is -2.13. The van der Waals surface area contributed by atoms with Crippen molar-refractivity contribution in [3.8, 4) is 11.5 Å². The number of benzene rings is 3. The summed E-state index contributed by atoms with van der Waals surface area (Å²) in [6, 6.07) is 19.0. The Balaban J connectivity index is 1.63. The number of amidine groups is 1. The Hall–Kier alpha value is -3.53. The van der Waals surface area contributed by atoms with Crippen molar-refractivity contribution in [3.05, 3.63) is 106 Å². The van der Waals surface area contributed by atoms with E-state index in [2.05, 4.69) is 11.0 Å². The number of carbonyl (C=O) groups excluding carboxylic acids is 1. The van der Waals surface area contributed by atoms with Crippen LogP contribution in [0.5, 0.6) is 11.5 Å². The van der Waals surface area contributed by atoms with E-state index in [0.29, 0.717) is 27.0 Å². The Morgan fingerprint density at radius 3 is 2.50 bits per heavy atom. The fourth-order valence-corrected chi connectivity index (χ4v) is 5.93. The van der Waals surface area contributed by atoms with Gasteiger partial charge in [0, 0.05) is 17.1 Å². The van der Waals surface area contributed by atoms with Crippen LogP contribution in [0.15, 0.2) is 93.6 Å². The summed E-state index contributed by atoms with van der Waals surface area (Å²) in [4.78, 5) is 14.8. The summed E-state index contributed by atoms with van der Waals surface area (Å²) < 4.78 is 41.2. The van der Waals surface area contributed by atoms with Gasteiger partial charge < -0.3 is 9.47 Å². The second-order valence-corrected chi connectivity index (χ2v) is 11.3. The maximum Gasteiger partial charge on any atom is 0.284 e. The molecule has 0 bridgehead atoms. The third kappa shape index (κ3) is 6.30. The highest BCUT2D eigenvalue weighted by atomic mass is 35.5. The molecule has 1 aliphatic heterocycles. The first-order valence-corrected chi connectivity index (χ1v) is 14.1. The Labute approximate surface area is 231 Å². The molecule has 1 aliphatic rings. The normalized spacial score (nSPS) is 15.8. The van der Waals surface area contributed by atoms with Crippen LogP contribution < -0.4 is 9.47 Å². The third-order valence-corrected chi connectivity index (χ3v) is 8.32. The molecule has 196 valence electrons. The van der Waals surface area contributed by atoms with E-state index in [0.717, 1.165) is 22.9 Å². The molecule has 1 saturated heterocycles. The van der Waals surface area contributed by atoms with Crippen LogP contribution in [0.25, 0.3) is 6.08 Å². The van der Waals surface area contributed by atoms with Crippen LogP contribution in [-0.2, 0) is 21.4 Å². The van der Waals surface area contributed by atoms with Crippen molar-refractivity contribution in [1.82, 2.24) is 4.90 Å². The van der Waals surface area contributed by atoms with Gasteiger partial charge in [-0.1, -0.05) is 59.6 Å². The Bertz CT molecular complexity index is 1530. The van der Waals surface area contributed by atoms with Gasteiger partial charge in [-0.15, -0.1) is 11.0 Å². The maximum atomic E-state index is 13.2. The van der Waals surface area contributed by atoms with E-state index in [4.69, 9.17) is 21.1 Å². The van der Waals surface area contributed by atoms with Gasteiger partial charge in [-0.3, -0.25) is 9.69 Å². The van der Waals surface area contributed by atoms with Gasteiger partial charge in [0.05, 0.1) is 16.9 Å². The average molecular weight is 569 g/mol. The summed E-state index contributed by atoms with van der Waals surface area (Å²) in [5.41, 5.74) is 2.41. The van der Waals surface area contributed by atoms with Crippen LogP contribution in [0, 0.1) is 6.92 Å². The summed E-state index contributed by atoms with van der Waals surface area (Å²) in [7, 11) is -2.48. The monoisotopic (exact) mass is 568 g/mol. The van der Waals surface area contributed by atoms with Gasteiger partial charge in [-0.2, -0.15) is 8.42 Å². The van der Waals surface area contributed by atoms with Crippen LogP contribution in [-0.4, -0.2) is 38.0 Å². The zero-order valence-electron chi connectivity index (χ0n) is 20.8. The highest BCUT2D eigenvalue weighted by Gasteiger charge is 2.34. The number of amides is 1. The lowest BCUT2D eigenvalue weighted by molar-refractivity contribution is -0.121. The lowest BCUT2D eigenvalue weighted by Crippen LogP contribution is -2.29. The molecule has 0 N–H and O–H groups in total. The molecule has 7 nitrogen and oxygen atoms in total. The molecule has 4 rings (SSSR count). The molecule has 0 aromatic heterocycles. The number of hydrogen-bond acceptors (Lipinski definition) is 6. The fourth-order valence-electron chi connectivity index (χ4n) is 3.55. The minimum atomic E-state index is -4.02. The van der Waals surface area contributed by atoms with Crippen LogP contribution in [0.1, 0.15) is 16.7 Å². The van der Waals surface area contributed by atoms with E-state index in [9.17, 15) is 13.2 Å². The van der Waals surface area contributed by atoms with Crippen LogP contribution in [0.3, 0.4) is 0 Å². The van der Waals surface area contributed by atoms with Crippen molar-refractivity contribution < 1.29 is 22.7 Å². The second-order valence-electron chi connectivity index (χ2n) is 8.27. The standard InChI is InChI=1S/C28H25ClN2O5S2/c1-4-15-31-27(32)26(37-28(31)30-38(33,34)22-12-9-19(2)10-13-22)17-20-11-14-24(35-3)25(16-20)36-18-21-7-5-6-8-23(21)29/h4-14,16-17H,1,15,18H2,2-3H3/b26-17-,30-28+. The number of aryl methyl sites for hydroxylation is 1. The Kier molecular flexibility index (Phi) is 8.61. The molecular weight excluding hydrogens is 544 g/mol. The van der Waals surface area contributed by atoms with E-state index in [1.54, 1.807) is 42.5 Å². The quantitative estimate of drug-likeness (QED) is 0.230. The summed E-state index contributed by atoms with van der Waals surface area (Å²) in [6.45, 7) is 5.88. The van der Waals surface area contributed by atoms with E-state index in [1.165, 1.54) is 30.2 Å². The zero-order chi connectivity index (χ0) is 27.3. The van der Waals surface area contributed by atoms with Crippen molar-refractivity contribution in [2.75, 3.05) is 13.7 Å². The number of carbonyl (C=O) groups is 1. The SMILES string of the molecule is C=CCN1C(=O)/C(=C/c2ccc(OC)c(OCc3ccccc3Cl)c2)S/C1=N/S(=O)(=O)c1ccc(C)cc1. The van der Waals surface area contributed by atoms with Gasteiger partial charge >= 0.3 is 0 Å². The van der Waals surface area contributed by atoms with Gasteiger partial charge in [-0.05, 0) is 60.7 Å². The highest BCUT2D eigenvalue weighted by Crippen LogP contribution is 2.36. The first-order chi connectivity index (χ1) is 18.2. The van der Waals surface area contributed by atoms with Gasteiger partial charge in [0.2, 0.25) is 0 Å². The van der Waals surface area contributed by atoms with E-state index >= 15 is 0 Å². The van der Waals surface area contributed by atoms with Crippen LogP contribution in [0.4, 0.5) is 0 Å². The van der Waals surface area contributed by atoms with Gasteiger partial charge in [0.25, 0.3) is 15.9 Å². The summed E-state index contributed by atoms with van der Waals surface area (Å²) >= 11 is 7.23. The number of thioether (sulfide) groups is 1. The van der Waals surface area contributed by atoms with Crippen molar-refractivity contribution in [3.63, 3.8) is 0 Å². The van der Waals surface area contributed by atoms with Crippen molar-refractivity contribution in [1.29, 1.82) is 0 Å². The summed E-state index contributed by atoms with van der Waals surface area (Å²) in [5.74, 6) is 0.613. The molecule has 0 aliphatic carbocycles. The molecule has 38 heavy (non-hydrogen) atoms. The number of ether oxygens (including phenoxy) is 2. The molecule has 1 amide bonds. The molecular formula is C28H25ClN2O5S2. The number of nitrogens with zero attached hydrogens (tertiary/aromatic N) is 2. The predicted octanol–water partition coefficient (Wildman–Crippen LogP) is 6.08. The second kappa shape index (κ2) is 11.9. The van der Waals surface area contributed by atoms with E-state index < -0.39 is 10.0 Å². The van der Waals surface area contributed by atoms with Crippen molar-refractivity contribution >= 4 is 50.5 Å². The minimum absolute atomic E-state index is 0.0510. The van der Waals surface area contributed by atoms with Crippen LogP contribution in [0.2, 0.25) is 5.02 Å². The number of methoxy groups -OCH3 is 1. The Morgan fingerprint density at radius 2 is 1.82 bits per heavy atom. The largest absolute Gasteiger partial charge is 0.493 e. The fraction of sp³-hybridized carbons (Fsp3) is 0.143. The average Bonchev–Trinajstić information content (AvgIpc) is 3.17. The molecule has 1 heterocycles. The topological polar surface area (TPSA) is 85.3 Å². The molecule has 3 aromatic carbocycles. The molecule has 3 aromatic rings. The Morgan fingerprint density at radius 1 is 1.08 bits per heavy atom. The summed E-state index contributed by atoms with van der Waals surface area (Å²) in [6.07, 6.45) is 3.18. The number of hydrogen-bond donors (Lipinski definition) is 0. The predicted molar refractivity (Wildman–Crippen MR) is 152 cm³/mol. The van der Waals surface area contributed by atoms with Crippen LogP contribution >= 0.6 is 23.4 Å².